The molecule has 0 aliphatic heterocycles. The van der Waals surface area contributed by atoms with Gasteiger partial charge in [0, 0.05) is 37.2 Å². The predicted octanol–water partition coefficient (Wildman–Crippen LogP) is 4.28. The Kier molecular flexibility index (Phi) is 7.37. The summed E-state index contributed by atoms with van der Waals surface area (Å²) in [4.78, 5) is 30.3. The average Bonchev–Trinajstić information content (AvgIpc) is 3.23. The minimum absolute atomic E-state index is 0. The average molecular weight is 471 g/mol. The number of hydrogen-bond donors (Lipinski definition) is 2. The molecule has 166 valence electrons. The Hall–Kier alpha value is -3.11. The summed E-state index contributed by atoms with van der Waals surface area (Å²) in [5, 5.41) is 7.30. The first-order chi connectivity index (χ1) is 15.0. The highest BCUT2D eigenvalue weighted by molar-refractivity contribution is 7.59. The number of aromatic nitrogens is 4. The molecule has 10 heteroatoms. The summed E-state index contributed by atoms with van der Waals surface area (Å²) < 4.78 is 14.3. The largest absolute Gasteiger partial charge is 0.369 e. The third-order valence-corrected chi connectivity index (χ3v) is 5.93. The Morgan fingerprint density at radius 3 is 2.72 bits per heavy atom. The summed E-state index contributed by atoms with van der Waals surface area (Å²) in [5.41, 5.74) is 2.35. The van der Waals surface area contributed by atoms with Crippen molar-refractivity contribution in [2.45, 2.75) is 19.8 Å². The molecule has 1 atom stereocenters. The molecule has 0 fully saturated rings. The number of benzene rings is 1. The second kappa shape index (κ2) is 10.0. The second-order valence-electron chi connectivity index (χ2n) is 7.12. The highest BCUT2D eigenvalue weighted by Crippen LogP contribution is 2.29. The maximum Gasteiger partial charge on any atom is 0.254 e. The molecule has 3 heterocycles. The summed E-state index contributed by atoms with van der Waals surface area (Å²) in [6.45, 7) is 4.57. The van der Waals surface area contributed by atoms with Crippen LogP contribution in [0.5, 0.6) is 0 Å². The quantitative estimate of drug-likeness (QED) is 0.437. The van der Waals surface area contributed by atoms with E-state index >= 15 is 0 Å². The van der Waals surface area contributed by atoms with Gasteiger partial charge >= 0.3 is 0 Å². The van der Waals surface area contributed by atoms with Crippen molar-refractivity contribution in [2.75, 3.05) is 18.9 Å². The first-order valence-corrected chi connectivity index (χ1v) is 10.6. The normalized spacial score (nSPS) is 11.6. The molecule has 1 aromatic carbocycles. The van der Waals surface area contributed by atoms with Crippen molar-refractivity contribution in [3.63, 3.8) is 0 Å². The Morgan fingerprint density at radius 1 is 1.19 bits per heavy atom. The molecule has 0 aliphatic carbocycles. The van der Waals surface area contributed by atoms with Gasteiger partial charge < -0.3 is 10.6 Å². The number of amides is 1. The van der Waals surface area contributed by atoms with Gasteiger partial charge in [0.15, 0.2) is 5.82 Å². The van der Waals surface area contributed by atoms with E-state index in [1.807, 2.05) is 32.0 Å². The third-order valence-electron chi connectivity index (χ3n) is 5.00. The second-order valence-corrected chi connectivity index (χ2v) is 8.35. The Bertz CT molecular complexity index is 1260. The molecular weight excluding hydrogens is 447 g/mol. The fourth-order valence-electron chi connectivity index (χ4n) is 3.41. The van der Waals surface area contributed by atoms with E-state index < -0.39 is 11.7 Å². The molecule has 0 saturated carbocycles. The van der Waals surface area contributed by atoms with Gasteiger partial charge in [-0.05, 0) is 12.5 Å². The zero-order valence-corrected chi connectivity index (χ0v) is 19.6. The van der Waals surface area contributed by atoms with Gasteiger partial charge in [0.25, 0.3) is 5.91 Å². The van der Waals surface area contributed by atoms with E-state index in [-0.39, 0.29) is 25.0 Å². The molecule has 32 heavy (non-hydrogen) atoms. The molecule has 0 radical (unpaired) electrons. The Balaban J connectivity index is 0.00000289. The van der Waals surface area contributed by atoms with Crippen LogP contribution in [0.2, 0.25) is 0 Å². The number of aryl methyl sites for hydroxylation is 1. The fourth-order valence-corrected chi connectivity index (χ4v) is 4.16. The van der Waals surface area contributed by atoms with Gasteiger partial charge in [-0.3, -0.25) is 9.78 Å². The molecule has 3 aromatic heterocycles. The number of thiazole rings is 1. The molecule has 0 saturated heterocycles. The van der Waals surface area contributed by atoms with Crippen LogP contribution in [0.1, 0.15) is 33.8 Å². The summed E-state index contributed by atoms with van der Waals surface area (Å²) in [5.74, 6) is -0.377. The van der Waals surface area contributed by atoms with Crippen LogP contribution in [-0.4, -0.2) is 39.4 Å². The topological polar surface area (TPSA) is 92.7 Å². The van der Waals surface area contributed by atoms with Crippen molar-refractivity contribution in [1.82, 2.24) is 25.3 Å². The lowest BCUT2D eigenvalue weighted by Gasteiger charge is -2.16. The molecule has 4 aromatic rings. The Morgan fingerprint density at radius 2 is 2.00 bits per heavy atom. The van der Waals surface area contributed by atoms with Crippen molar-refractivity contribution >= 4 is 47.5 Å². The minimum atomic E-state index is -0.637. The maximum absolute atomic E-state index is 14.3. The van der Waals surface area contributed by atoms with E-state index in [1.165, 1.54) is 13.4 Å². The number of hydrogen-bond acceptors (Lipinski definition) is 7. The van der Waals surface area contributed by atoms with E-state index in [0.29, 0.717) is 23.3 Å². The number of para-hydroxylation sites is 1. The first-order valence-electron chi connectivity index (χ1n) is 9.76. The zero-order chi connectivity index (χ0) is 22.0. The number of carbonyl (C=O) groups is 1. The van der Waals surface area contributed by atoms with Gasteiger partial charge in [0.1, 0.15) is 12.1 Å². The molecule has 0 aliphatic rings. The van der Waals surface area contributed by atoms with Crippen LogP contribution in [-0.2, 0) is 0 Å². The number of halogens is 1. The van der Waals surface area contributed by atoms with Crippen molar-refractivity contribution in [1.29, 1.82) is 0 Å². The van der Waals surface area contributed by atoms with Crippen LogP contribution in [0, 0.1) is 12.7 Å². The summed E-state index contributed by atoms with van der Waals surface area (Å²) in [6.07, 6.45) is 4.43. The van der Waals surface area contributed by atoms with Gasteiger partial charge in [-0.25, -0.2) is 19.3 Å². The number of rotatable bonds is 6. The van der Waals surface area contributed by atoms with Crippen LogP contribution < -0.4 is 10.6 Å². The van der Waals surface area contributed by atoms with Gasteiger partial charge in [0.2, 0.25) is 0 Å². The molecular formula is C22H23FN6OS2. The summed E-state index contributed by atoms with van der Waals surface area (Å²) in [6, 6.07) is 7.36. The molecule has 0 bridgehead atoms. The molecule has 2 N–H and O–H groups in total. The van der Waals surface area contributed by atoms with Crippen molar-refractivity contribution in [2.24, 2.45) is 0 Å². The van der Waals surface area contributed by atoms with Gasteiger partial charge in [-0.1, -0.05) is 25.1 Å². The molecule has 7 nitrogen and oxygen atoms in total. The molecule has 1 amide bonds. The highest BCUT2D eigenvalue weighted by Gasteiger charge is 2.19. The number of pyridine rings is 1. The number of carbonyl (C=O) groups excluding carboxylic acids is 1. The lowest BCUT2D eigenvalue weighted by molar-refractivity contribution is 0.0961. The summed E-state index contributed by atoms with van der Waals surface area (Å²) in [7, 11) is 1.48. The molecule has 0 unspecified atom stereocenters. The van der Waals surface area contributed by atoms with Gasteiger partial charge in [-0.15, -0.1) is 11.3 Å². The van der Waals surface area contributed by atoms with Gasteiger partial charge in [0.05, 0.1) is 32.9 Å². The van der Waals surface area contributed by atoms with Crippen molar-refractivity contribution < 1.29 is 9.18 Å². The molecule has 4 rings (SSSR count). The summed E-state index contributed by atoms with van der Waals surface area (Å²) >= 11 is 1.58. The van der Waals surface area contributed by atoms with E-state index in [1.54, 1.807) is 23.6 Å². The lowest BCUT2D eigenvalue weighted by atomic mass is 9.96. The van der Waals surface area contributed by atoms with Crippen LogP contribution in [0.4, 0.5) is 10.2 Å². The predicted molar refractivity (Wildman–Crippen MR) is 130 cm³/mol. The van der Waals surface area contributed by atoms with Crippen LogP contribution in [0.25, 0.3) is 21.5 Å². The standard InChI is InChI=1S/C22H21FN6OS.H2S/c1-12(8-26-19-7-17(28-11-29-19)18-10-25-13(2)31-18)14-5-4-6-15-20(22(30)24-3)16(23)9-27-21(14)15;/h4-7,9-12H,8H2,1-3H3,(H,24,30)(H,26,28,29);1H2/t12-;/m1./s1. The van der Waals surface area contributed by atoms with Crippen LogP contribution >= 0.6 is 24.8 Å². The lowest BCUT2D eigenvalue weighted by Crippen LogP contribution is -2.20. The van der Waals surface area contributed by atoms with Crippen LogP contribution in [0.3, 0.4) is 0 Å². The number of fused-ring (bicyclic) bond motifs is 1. The first kappa shape index (κ1) is 23.6. The van der Waals surface area contributed by atoms with Crippen molar-refractivity contribution in [3.8, 4) is 10.6 Å². The van der Waals surface area contributed by atoms with E-state index in [9.17, 15) is 9.18 Å². The van der Waals surface area contributed by atoms with Crippen LogP contribution in [0.15, 0.2) is 43.0 Å². The molecule has 0 spiro atoms. The number of anilines is 1. The van der Waals surface area contributed by atoms with E-state index in [4.69, 9.17) is 0 Å². The number of nitrogens with one attached hydrogen (secondary N) is 2. The fraction of sp³-hybridized carbons (Fsp3) is 0.227. The monoisotopic (exact) mass is 470 g/mol. The SMILES string of the molecule is CNC(=O)c1c(F)cnc2c([C@H](C)CNc3cc(-c4cnc(C)s4)ncn3)cccc12.S. The Labute approximate surface area is 196 Å². The zero-order valence-electron chi connectivity index (χ0n) is 17.8. The minimum Gasteiger partial charge on any atom is -0.369 e. The third kappa shape index (κ3) is 4.71. The van der Waals surface area contributed by atoms with Gasteiger partial charge in [-0.2, -0.15) is 13.5 Å². The van der Waals surface area contributed by atoms with E-state index in [2.05, 4.69) is 30.6 Å². The maximum atomic E-state index is 14.3. The number of nitrogens with zero attached hydrogens (tertiary/aromatic N) is 4. The smallest absolute Gasteiger partial charge is 0.254 e. The highest BCUT2D eigenvalue weighted by atomic mass is 32.1. The van der Waals surface area contributed by atoms with Crippen molar-refractivity contribution in [3.05, 3.63) is 64.9 Å². The van der Waals surface area contributed by atoms with E-state index in [0.717, 1.165) is 27.3 Å².